The number of fused-ring (bicyclic) bond motifs is 1. The van der Waals surface area contributed by atoms with Crippen molar-refractivity contribution < 1.29 is 9.84 Å². The summed E-state index contributed by atoms with van der Waals surface area (Å²) in [6, 6.07) is 23.2. The lowest BCUT2D eigenvalue weighted by molar-refractivity contribution is 0.471. The van der Waals surface area contributed by atoms with Gasteiger partial charge in [-0.3, -0.25) is 0 Å². The Hall–Kier alpha value is -2.98. The fraction of sp³-hybridized carbons (Fsp3) is 0.143. The van der Waals surface area contributed by atoms with E-state index >= 15 is 0 Å². The molecule has 4 nitrogen and oxygen atoms in total. The van der Waals surface area contributed by atoms with Crippen LogP contribution in [0.15, 0.2) is 72.8 Å². The Morgan fingerprint density at radius 2 is 1.72 bits per heavy atom. The zero-order valence-corrected chi connectivity index (χ0v) is 13.8. The molecule has 1 aliphatic heterocycles. The molecule has 0 radical (unpaired) electrons. The average Bonchev–Trinajstić information content (AvgIpc) is 3.00. The second kappa shape index (κ2) is 6.49. The van der Waals surface area contributed by atoms with Crippen LogP contribution < -0.4 is 15.4 Å². The number of hydrogen-bond acceptors (Lipinski definition) is 4. The molecule has 0 spiro atoms. The molecule has 0 saturated heterocycles. The molecule has 4 heteroatoms. The van der Waals surface area contributed by atoms with Crippen molar-refractivity contribution >= 4 is 5.69 Å². The molecule has 3 N–H and O–H groups in total. The number of nitrogens with zero attached hydrogens (tertiary/aromatic N) is 1. The van der Waals surface area contributed by atoms with Gasteiger partial charge < -0.3 is 20.5 Å². The predicted molar refractivity (Wildman–Crippen MR) is 99.0 cm³/mol. The summed E-state index contributed by atoms with van der Waals surface area (Å²) in [7, 11) is 0. The maximum atomic E-state index is 10.2. The second-order valence-electron chi connectivity index (χ2n) is 6.14. The first-order valence-electron chi connectivity index (χ1n) is 8.36. The van der Waals surface area contributed by atoms with Crippen LogP contribution in [0.4, 0.5) is 5.69 Å². The number of phenolic OH excluding ortho intramolecular Hbond substituents is 1. The maximum absolute atomic E-state index is 10.2. The van der Waals surface area contributed by atoms with E-state index in [4.69, 9.17) is 10.5 Å². The van der Waals surface area contributed by atoms with Gasteiger partial charge in [-0.15, -0.1) is 0 Å². The summed E-state index contributed by atoms with van der Waals surface area (Å²) in [5.41, 5.74) is 9.23. The van der Waals surface area contributed by atoms with Crippen molar-refractivity contribution in [3.8, 4) is 17.2 Å². The van der Waals surface area contributed by atoms with E-state index < -0.39 is 0 Å². The van der Waals surface area contributed by atoms with E-state index in [0.29, 0.717) is 6.54 Å². The number of anilines is 1. The van der Waals surface area contributed by atoms with Gasteiger partial charge in [0.05, 0.1) is 11.7 Å². The van der Waals surface area contributed by atoms with E-state index in [1.807, 2.05) is 54.6 Å². The monoisotopic (exact) mass is 332 g/mol. The van der Waals surface area contributed by atoms with Gasteiger partial charge in [-0.2, -0.15) is 0 Å². The van der Waals surface area contributed by atoms with Crippen LogP contribution in [0, 0.1) is 0 Å². The molecule has 3 aromatic rings. The summed E-state index contributed by atoms with van der Waals surface area (Å²) in [5.74, 6) is 1.87. The molecule has 0 fully saturated rings. The number of aromatic hydroxyl groups is 1. The van der Waals surface area contributed by atoms with Gasteiger partial charge in [0.1, 0.15) is 17.2 Å². The summed E-state index contributed by atoms with van der Waals surface area (Å²) in [6.07, 6.45) is 0. The van der Waals surface area contributed by atoms with Gasteiger partial charge in [-0.25, -0.2) is 0 Å². The van der Waals surface area contributed by atoms with Crippen molar-refractivity contribution in [2.45, 2.75) is 12.6 Å². The van der Waals surface area contributed by atoms with Crippen molar-refractivity contribution in [3.05, 3.63) is 83.9 Å². The van der Waals surface area contributed by atoms with Crippen LogP contribution in [-0.4, -0.2) is 11.7 Å². The maximum Gasteiger partial charge on any atom is 0.138 e. The van der Waals surface area contributed by atoms with E-state index in [-0.39, 0.29) is 11.8 Å². The highest BCUT2D eigenvalue weighted by Crippen LogP contribution is 2.42. The standard InChI is InChI=1S/C21H20N2O2/c22-13-20-18-12-17(25-16-6-2-1-3-7-16)11-10-15(18)14-23(20)19-8-4-5-9-21(19)24/h1-12,20,24H,13-14,22H2. The number of phenols is 1. The van der Waals surface area contributed by atoms with Crippen LogP contribution in [0.3, 0.4) is 0 Å². The van der Waals surface area contributed by atoms with E-state index in [1.54, 1.807) is 6.07 Å². The minimum absolute atomic E-state index is 0.0163. The highest BCUT2D eigenvalue weighted by atomic mass is 16.5. The molecule has 4 rings (SSSR count). The fourth-order valence-electron chi connectivity index (χ4n) is 3.39. The molecule has 1 aliphatic rings. The van der Waals surface area contributed by atoms with Gasteiger partial charge in [0.2, 0.25) is 0 Å². The molecule has 1 atom stereocenters. The third-order valence-corrected chi connectivity index (χ3v) is 4.59. The lowest BCUT2D eigenvalue weighted by Gasteiger charge is -2.26. The summed E-state index contributed by atoms with van der Waals surface area (Å²) in [5, 5.41) is 10.2. The van der Waals surface area contributed by atoms with Crippen LogP contribution in [0.2, 0.25) is 0 Å². The minimum Gasteiger partial charge on any atom is -0.506 e. The molecule has 0 aliphatic carbocycles. The molecule has 0 aromatic heterocycles. The molecule has 126 valence electrons. The van der Waals surface area contributed by atoms with Crippen LogP contribution in [0.5, 0.6) is 17.2 Å². The van der Waals surface area contributed by atoms with Crippen molar-refractivity contribution in [2.75, 3.05) is 11.4 Å². The molecule has 1 heterocycles. The largest absolute Gasteiger partial charge is 0.506 e. The number of ether oxygens (including phenoxy) is 1. The summed E-state index contributed by atoms with van der Waals surface area (Å²) >= 11 is 0. The molecule has 0 saturated carbocycles. The van der Waals surface area contributed by atoms with E-state index in [2.05, 4.69) is 17.0 Å². The van der Waals surface area contributed by atoms with Crippen LogP contribution >= 0.6 is 0 Å². The number of rotatable bonds is 4. The van der Waals surface area contributed by atoms with Gasteiger partial charge in [-0.1, -0.05) is 36.4 Å². The quantitative estimate of drug-likeness (QED) is 0.751. The van der Waals surface area contributed by atoms with Gasteiger partial charge in [0.25, 0.3) is 0 Å². The highest BCUT2D eigenvalue weighted by molar-refractivity contribution is 5.62. The number of hydrogen-bond donors (Lipinski definition) is 2. The summed E-state index contributed by atoms with van der Waals surface area (Å²) in [4.78, 5) is 2.15. The number of para-hydroxylation sites is 3. The molecule has 3 aromatic carbocycles. The highest BCUT2D eigenvalue weighted by Gasteiger charge is 2.31. The fourth-order valence-corrected chi connectivity index (χ4v) is 3.39. The lowest BCUT2D eigenvalue weighted by Crippen LogP contribution is -2.27. The Balaban J connectivity index is 1.66. The Morgan fingerprint density at radius 3 is 2.48 bits per heavy atom. The van der Waals surface area contributed by atoms with Gasteiger partial charge in [0, 0.05) is 13.1 Å². The Morgan fingerprint density at radius 1 is 0.960 bits per heavy atom. The minimum atomic E-state index is 0.0163. The van der Waals surface area contributed by atoms with E-state index in [9.17, 15) is 5.11 Å². The summed E-state index contributed by atoms with van der Waals surface area (Å²) in [6.45, 7) is 1.19. The summed E-state index contributed by atoms with van der Waals surface area (Å²) < 4.78 is 5.95. The molecular formula is C21H20N2O2. The molecule has 0 amide bonds. The number of benzene rings is 3. The normalized spacial score (nSPS) is 15.9. The lowest BCUT2D eigenvalue weighted by atomic mass is 10.0. The number of nitrogens with two attached hydrogens (primary N) is 1. The second-order valence-corrected chi connectivity index (χ2v) is 6.14. The Bertz CT molecular complexity index is 880. The Labute approximate surface area is 147 Å². The van der Waals surface area contributed by atoms with Crippen LogP contribution in [0.25, 0.3) is 0 Å². The van der Waals surface area contributed by atoms with Crippen molar-refractivity contribution in [2.24, 2.45) is 5.73 Å². The van der Waals surface area contributed by atoms with Crippen molar-refractivity contribution in [1.82, 2.24) is 0 Å². The van der Waals surface area contributed by atoms with Gasteiger partial charge in [-0.05, 0) is 47.5 Å². The van der Waals surface area contributed by atoms with Crippen LogP contribution in [-0.2, 0) is 6.54 Å². The van der Waals surface area contributed by atoms with Crippen LogP contribution in [0.1, 0.15) is 17.2 Å². The molecule has 1 unspecified atom stereocenters. The van der Waals surface area contributed by atoms with E-state index in [1.165, 1.54) is 5.56 Å². The molecular weight excluding hydrogens is 312 g/mol. The zero-order valence-electron chi connectivity index (χ0n) is 13.8. The van der Waals surface area contributed by atoms with Gasteiger partial charge >= 0.3 is 0 Å². The van der Waals surface area contributed by atoms with Gasteiger partial charge in [0.15, 0.2) is 0 Å². The molecule has 0 bridgehead atoms. The first kappa shape index (κ1) is 15.5. The first-order valence-corrected chi connectivity index (χ1v) is 8.36. The van der Waals surface area contributed by atoms with E-state index in [0.717, 1.165) is 29.3 Å². The first-order chi connectivity index (χ1) is 12.3. The predicted octanol–water partition coefficient (Wildman–Crippen LogP) is 4.20. The molecule has 25 heavy (non-hydrogen) atoms. The van der Waals surface area contributed by atoms with Crippen molar-refractivity contribution in [3.63, 3.8) is 0 Å². The Kier molecular flexibility index (Phi) is 4.04. The zero-order chi connectivity index (χ0) is 17.2. The topological polar surface area (TPSA) is 58.7 Å². The third-order valence-electron chi connectivity index (χ3n) is 4.59. The smallest absolute Gasteiger partial charge is 0.138 e. The SMILES string of the molecule is NCC1c2cc(Oc3ccccc3)ccc2CN1c1ccccc1O. The third kappa shape index (κ3) is 2.92. The van der Waals surface area contributed by atoms with Crippen molar-refractivity contribution in [1.29, 1.82) is 0 Å². The average molecular weight is 332 g/mol.